The molecule has 1 heterocycles. The fourth-order valence-electron chi connectivity index (χ4n) is 5.47. The van der Waals surface area contributed by atoms with Crippen LogP contribution in [0.4, 0.5) is 4.79 Å². The number of urea groups is 1. The van der Waals surface area contributed by atoms with Gasteiger partial charge < -0.3 is 0 Å². The molecule has 0 spiro atoms. The fourth-order valence-corrected chi connectivity index (χ4v) is 5.47. The Kier molecular flexibility index (Phi) is 2.48. The van der Waals surface area contributed by atoms with Crippen molar-refractivity contribution in [3.8, 4) is 6.07 Å². The summed E-state index contributed by atoms with van der Waals surface area (Å²) in [6.45, 7) is -0.341. The molecule has 1 aliphatic heterocycles. The van der Waals surface area contributed by atoms with Crippen molar-refractivity contribution in [3.05, 3.63) is 0 Å². The SMILES string of the molecule is N#CCN1C(=O)C(=O)N(C23CC4CC(CC(C4)C2)C3)C1=O. The molecule has 0 aromatic carbocycles. The van der Waals surface area contributed by atoms with E-state index in [2.05, 4.69) is 0 Å². The lowest BCUT2D eigenvalue weighted by Crippen LogP contribution is -2.62. The van der Waals surface area contributed by atoms with E-state index in [1.807, 2.05) is 0 Å². The molecule has 21 heavy (non-hydrogen) atoms. The van der Waals surface area contributed by atoms with Crippen LogP contribution < -0.4 is 0 Å². The van der Waals surface area contributed by atoms with Gasteiger partial charge in [-0.05, 0) is 56.3 Å². The molecule has 6 nitrogen and oxygen atoms in total. The van der Waals surface area contributed by atoms with Gasteiger partial charge in [-0.15, -0.1) is 0 Å². The molecule has 0 atom stereocenters. The van der Waals surface area contributed by atoms with E-state index in [-0.39, 0.29) is 6.54 Å². The molecule has 0 unspecified atom stereocenters. The first-order valence-electron chi connectivity index (χ1n) is 7.61. The number of carbonyl (C=O) groups excluding carboxylic acids is 3. The molecule has 1 saturated heterocycles. The third-order valence-corrected chi connectivity index (χ3v) is 5.76. The van der Waals surface area contributed by atoms with Crippen LogP contribution in [-0.4, -0.2) is 39.7 Å². The van der Waals surface area contributed by atoms with Crippen molar-refractivity contribution < 1.29 is 14.4 Å². The molecular formula is C15H17N3O3. The molecule has 5 rings (SSSR count). The first-order valence-corrected chi connectivity index (χ1v) is 7.61. The summed E-state index contributed by atoms with van der Waals surface area (Å²) in [4.78, 5) is 38.8. The Morgan fingerprint density at radius 2 is 1.52 bits per heavy atom. The molecule has 5 fully saturated rings. The molecule has 4 saturated carbocycles. The van der Waals surface area contributed by atoms with Crippen LogP contribution in [0.25, 0.3) is 0 Å². The van der Waals surface area contributed by atoms with Crippen molar-refractivity contribution in [2.24, 2.45) is 17.8 Å². The molecule has 0 aromatic heterocycles. The normalized spacial score (nSPS) is 41.1. The van der Waals surface area contributed by atoms with Gasteiger partial charge in [-0.1, -0.05) is 0 Å². The Hall–Kier alpha value is -1.90. The highest BCUT2D eigenvalue weighted by atomic mass is 16.2. The molecule has 0 N–H and O–H groups in total. The monoisotopic (exact) mass is 287 g/mol. The van der Waals surface area contributed by atoms with Crippen LogP contribution in [0.2, 0.25) is 0 Å². The van der Waals surface area contributed by atoms with Crippen LogP contribution in [0, 0.1) is 29.1 Å². The van der Waals surface area contributed by atoms with E-state index in [4.69, 9.17) is 5.26 Å². The highest BCUT2D eigenvalue weighted by molar-refractivity contribution is 6.45. The predicted octanol–water partition coefficient (Wildman–Crippen LogP) is 1.27. The van der Waals surface area contributed by atoms with Crippen molar-refractivity contribution in [2.75, 3.05) is 6.54 Å². The number of hydrogen-bond donors (Lipinski definition) is 0. The smallest absolute Gasteiger partial charge is 0.263 e. The molecular weight excluding hydrogens is 270 g/mol. The van der Waals surface area contributed by atoms with Crippen LogP contribution in [0.15, 0.2) is 0 Å². The lowest BCUT2D eigenvalue weighted by atomic mass is 9.52. The van der Waals surface area contributed by atoms with E-state index in [1.54, 1.807) is 6.07 Å². The summed E-state index contributed by atoms with van der Waals surface area (Å²) < 4.78 is 0. The number of carbonyl (C=O) groups is 3. The van der Waals surface area contributed by atoms with Crippen LogP contribution in [0.3, 0.4) is 0 Å². The maximum Gasteiger partial charge on any atom is 0.335 e. The van der Waals surface area contributed by atoms with Crippen LogP contribution in [0.5, 0.6) is 0 Å². The minimum Gasteiger partial charge on any atom is -0.263 e. The highest BCUT2D eigenvalue weighted by Crippen LogP contribution is 2.58. The maximum atomic E-state index is 12.5. The lowest BCUT2D eigenvalue weighted by Gasteiger charge is -2.58. The Morgan fingerprint density at radius 1 is 1.00 bits per heavy atom. The average Bonchev–Trinajstić information content (AvgIpc) is 2.62. The summed E-state index contributed by atoms with van der Waals surface area (Å²) in [6, 6.07) is 1.22. The zero-order valence-corrected chi connectivity index (χ0v) is 11.7. The van der Waals surface area contributed by atoms with Crippen molar-refractivity contribution in [1.29, 1.82) is 5.26 Å². The molecule has 0 radical (unpaired) electrons. The summed E-state index contributed by atoms with van der Waals surface area (Å²) >= 11 is 0. The quantitative estimate of drug-likeness (QED) is 0.435. The van der Waals surface area contributed by atoms with Gasteiger partial charge in [0.2, 0.25) is 0 Å². The van der Waals surface area contributed by atoms with Gasteiger partial charge in [0.1, 0.15) is 6.54 Å². The van der Waals surface area contributed by atoms with Gasteiger partial charge in [-0.3, -0.25) is 9.59 Å². The van der Waals surface area contributed by atoms with Crippen LogP contribution >= 0.6 is 0 Å². The number of hydrogen-bond acceptors (Lipinski definition) is 4. The molecule has 4 amide bonds. The summed E-state index contributed by atoms with van der Waals surface area (Å²) in [5.74, 6) is 0.181. The zero-order chi connectivity index (χ0) is 14.8. The van der Waals surface area contributed by atoms with Gasteiger partial charge in [0.05, 0.1) is 11.6 Å². The van der Waals surface area contributed by atoms with Crippen LogP contribution in [0.1, 0.15) is 38.5 Å². The van der Waals surface area contributed by atoms with Crippen molar-refractivity contribution in [3.63, 3.8) is 0 Å². The van der Waals surface area contributed by atoms with E-state index in [0.717, 1.165) is 24.2 Å². The topological polar surface area (TPSA) is 81.5 Å². The second kappa shape index (κ2) is 4.06. The summed E-state index contributed by atoms with van der Waals surface area (Å²) in [5.41, 5.74) is -0.456. The maximum absolute atomic E-state index is 12.5. The highest BCUT2D eigenvalue weighted by Gasteiger charge is 2.60. The van der Waals surface area contributed by atoms with E-state index in [0.29, 0.717) is 17.8 Å². The first kappa shape index (κ1) is 12.8. The molecule has 0 aromatic rings. The van der Waals surface area contributed by atoms with Gasteiger partial charge in [0, 0.05) is 0 Å². The molecule has 5 aliphatic rings. The average molecular weight is 287 g/mol. The van der Waals surface area contributed by atoms with Gasteiger partial charge >= 0.3 is 17.8 Å². The van der Waals surface area contributed by atoms with E-state index < -0.39 is 23.4 Å². The first-order chi connectivity index (χ1) is 10.0. The van der Waals surface area contributed by atoms with Gasteiger partial charge in [0.25, 0.3) is 0 Å². The van der Waals surface area contributed by atoms with Crippen LogP contribution in [-0.2, 0) is 9.59 Å². The van der Waals surface area contributed by atoms with E-state index >= 15 is 0 Å². The van der Waals surface area contributed by atoms with E-state index in [1.165, 1.54) is 24.2 Å². The summed E-state index contributed by atoms with van der Waals surface area (Å²) in [6.07, 6.45) is 6.11. The number of nitrogens with zero attached hydrogens (tertiary/aromatic N) is 3. The predicted molar refractivity (Wildman–Crippen MR) is 70.5 cm³/mol. The third-order valence-electron chi connectivity index (χ3n) is 5.76. The Bertz CT molecular complexity index is 556. The lowest BCUT2D eigenvalue weighted by molar-refractivity contribution is -0.149. The Morgan fingerprint density at radius 3 is 2.00 bits per heavy atom. The molecule has 4 bridgehead atoms. The molecule has 110 valence electrons. The van der Waals surface area contributed by atoms with Gasteiger partial charge in [-0.25, -0.2) is 14.6 Å². The molecule has 6 heteroatoms. The standard InChI is InChI=1S/C15H17N3O3/c16-1-2-17-12(19)13(20)18(14(17)21)15-6-9-3-10(7-15)5-11(4-9)8-15/h9-11H,2-8H2. The van der Waals surface area contributed by atoms with Crippen molar-refractivity contribution in [1.82, 2.24) is 9.80 Å². The third kappa shape index (κ3) is 1.60. The minimum atomic E-state index is -0.836. The van der Waals surface area contributed by atoms with E-state index in [9.17, 15) is 14.4 Å². The van der Waals surface area contributed by atoms with Crippen molar-refractivity contribution in [2.45, 2.75) is 44.1 Å². The summed E-state index contributed by atoms with van der Waals surface area (Å²) in [7, 11) is 0. The number of nitriles is 1. The summed E-state index contributed by atoms with van der Waals surface area (Å²) in [5, 5.41) is 8.74. The molecule has 4 aliphatic carbocycles. The Balaban J connectivity index is 1.70. The van der Waals surface area contributed by atoms with Gasteiger partial charge in [0.15, 0.2) is 0 Å². The Labute approximate surface area is 122 Å². The number of amides is 4. The minimum absolute atomic E-state index is 0.341. The number of imide groups is 2. The number of rotatable bonds is 2. The fraction of sp³-hybridized carbons (Fsp3) is 0.733. The van der Waals surface area contributed by atoms with Crippen molar-refractivity contribution >= 4 is 17.8 Å². The zero-order valence-electron chi connectivity index (χ0n) is 11.7. The second-order valence-corrected chi connectivity index (χ2v) is 7.11. The largest absolute Gasteiger partial charge is 0.335 e. The second-order valence-electron chi connectivity index (χ2n) is 7.11. The van der Waals surface area contributed by atoms with Gasteiger partial charge in [-0.2, -0.15) is 5.26 Å².